The molecule has 0 spiro atoms. The molecule has 0 saturated carbocycles. The van der Waals surface area contributed by atoms with Gasteiger partial charge in [0.25, 0.3) is 0 Å². The van der Waals surface area contributed by atoms with Gasteiger partial charge in [-0.2, -0.15) is 0 Å². The third-order valence-corrected chi connectivity index (χ3v) is 4.21. The molecule has 0 bridgehead atoms. The van der Waals surface area contributed by atoms with E-state index in [2.05, 4.69) is 77.3 Å². The Kier molecular flexibility index (Phi) is 4.79. The van der Waals surface area contributed by atoms with Gasteiger partial charge in [-0.05, 0) is 0 Å². The van der Waals surface area contributed by atoms with Gasteiger partial charge in [0, 0.05) is 0 Å². The summed E-state index contributed by atoms with van der Waals surface area (Å²) in [4.78, 5) is 2.29. The van der Waals surface area contributed by atoms with E-state index in [0.717, 1.165) is 6.61 Å². The summed E-state index contributed by atoms with van der Waals surface area (Å²) < 4.78 is 5.49. The Balaban J connectivity index is 2.45. The maximum atomic E-state index is 5.67. The SMILES string of the molecule is CCOCN1C(c2ccccc2)=C(C(C)C)NC1(C)[SeH]. The molecular formula is C16H24N2OSe. The standard InChI is InChI=1S/C16H24N2OSe/c1-5-19-11-18-15(13-9-7-6-8-10-13)14(12(2)3)17-16(18,4)20/h6-10,12,17,20H,5,11H2,1-4H3. The molecule has 1 heterocycles. The van der Waals surface area contributed by atoms with E-state index >= 15 is 0 Å². The minimum atomic E-state index is -0.188. The number of allylic oxidation sites excluding steroid dienone is 1. The first-order valence-electron chi connectivity index (χ1n) is 7.13. The molecule has 110 valence electrons. The molecule has 0 fully saturated rings. The number of rotatable bonds is 5. The van der Waals surface area contributed by atoms with Crippen molar-refractivity contribution >= 4 is 21.7 Å². The summed E-state index contributed by atoms with van der Waals surface area (Å²) in [6.07, 6.45) is 0. The predicted octanol–water partition coefficient (Wildman–Crippen LogP) is 2.48. The van der Waals surface area contributed by atoms with Crippen LogP contribution in [0.15, 0.2) is 36.0 Å². The fourth-order valence-corrected chi connectivity index (χ4v) is 3.03. The van der Waals surface area contributed by atoms with Gasteiger partial charge in [0.05, 0.1) is 0 Å². The van der Waals surface area contributed by atoms with Crippen LogP contribution >= 0.6 is 0 Å². The molecule has 3 nitrogen and oxygen atoms in total. The van der Waals surface area contributed by atoms with Gasteiger partial charge >= 0.3 is 130 Å². The molecule has 0 amide bonds. The minimum absolute atomic E-state index is 0.188. The topological polar surface area (TPSA) is 24.5 Å². The van der Waals surface area contributed by atoms with Gasteiger partial charge < -0.3 is 0 Å². The Bertz CT molecular complexity index is 483. The Labute approximate surface area is 130 Å². The normalized spacial score (nSPS) is 22.6. The number of benzene rings is 1. The summed E-state index contributed by atoms with van der Waals surface area (Å²) in [5.74, 6) is 0.445. The molecule has 0 aliphatic carbocycles. The monoisotopic (exact) mass is 340 g/mol. The van der Waals surface area contributed by atoms with Crippen LogP contribution in [-0.2, 0) is 4.74 Å². The Morgan fingerprint density at radius 3 is 2.50 bits per heavy atom. The molecule has 1 N–H and O–H groups in total. The van der Waals surface area contributed by atoms with Crippen molar-refractivity contribution in [3.8, 4) is 0 Å². The van der Waals surface area contributed by atoms with Crippen molar-refractivity contribution in [2.45, 2.75) is 32.3 Å². The van der Waals surface area contributed by atoms with E-state index in [4.69, 9.17) is 4.74 Å². The second-order valence-electron chi connectivity index (χ2n) is 5.48. The molecule has 0 radical (unpaired) electrons. The van der Waals surface area contributed by atoms with Gasteiger partial charge in [-0.15, -0.1) is 0 Å². The number of hydrogen-bond acceptors (Lipinski definition) is 3. The van der Waals surface area contributed by atoms with Crippen LogP contribution in [0.4, 0.5) is 0 Å². The average molecular weight is 339 g/mol. The Morgan fingerprint density at radius 1 is 1.30 bits per heavy atom. The molecule has 1 aliphatic rings. The van der Waals surface area contributed by atoms with Crippen molar-refractivity contribution in [1.82, 2.24) is 10.2 Å². The van der Waals surface area contributed by atoms with Crippen LogP contribution in [-0.4, -0.2) is 38.8 Å². The van der Waals surface area contributed by atoms with Crippen molar-refractivity contribution in [3.63, 3.8) is 0 Å². The Hall–Kier alpha value is -0.961. The number of nitrogens with zero attached hydrogens (tertiary/aromatic N) is 1. The van der Waals surface area contributed by atoms with E-state index in [1.165, 1.54) is 17.0 Å². The summed E-state index contributed by atoms with van der Waals surface area (Å²) in [6, 6.07) is 10.5. The van der Waals surface area contributed by atoms with Crippen LogP contribution in [0, 0.1) is 5.92 Å². The van der Waals surface area contributed by atoms with Crippen LogP contribution in [0.5, 0.6) is 0 Å². The van der Waals surface area contributed by atoms with E-state index in [1.54, 1.807) is 0 Å². The van der Waals surface area contributed by atoms with E-state index in [0.29, 0.717) is 12.6 Å². The molecule has 20 heavy (non-hydrogen) atoms. The molecule has 0 aromatic heterocycles. The van der Waals surface area contributed by atoms with Crippen LogP contribution in [0.3, 0.4) is 0 Å². The van der Waals surface area contributed by atoms with E-state index in [1.807, 2.05) is 6.92 Å². The third kappa shape index (κ3) is 3.03. The van der Waals surface area contributed by atoms with Crippen LogP contribution in [0.25, 0.3) is 5.70 Å². The quantitative estimate of drug-likeness (QED) is 0.834. The summed E-state index contributed by atoms with van der Waals surface area (Å²) in [5, 5.41) is 3.63. The fraction of sp³-hybridized carbons (Fsp3) is 0.500. The van der Waals surface area contributed by atoms with E-state index < -0.39 is 0 Å². The zero-order chi connectivity index (χ0) is 14.8. The van der Waals surface area contributed by atoms with Crippen LogP contribution < -0.4 is 5.32 Å². The number of ether oxygens (including phenoxy) is 1. The van der Waals surface area contributed by atoms with Crippen molar-refractivity contribution in [3.05, 3.63) is 41.6 Å². The molecule has 2 rings (SSSR count). The molecule has 1 aromatic carbocycles. The maximum absolute atomic E-state index is 5.67. The van der Waals surface area contributed by atoms with Crippen molar-refractivity contribution in [1.29, 1.82) is 0 Å². The summed E-state index contributed by atoms with van der Waals surface area (Å²) in [5.41, 5.74) is 3.76. The summed E-state index contributed by atoms with van der Waals surface area (Å²) in [7, 11) is 0. The second-order valence-corrected chi connectivity index (χ2v) is 7.31. The molecule has 1 aliphatic heterocycles. The predicted molar refractivity (Wildman–Crippen MR) is 85.2 cm³/mol. The summed E-state index contributed by atoms with van der Waals surface area (Å²) in [6.45, 7) is 9.95. The Morgan fingerprint density at radius 2 is 1.95 bits per heavy atom. The molecule has 1 aromatic rings. The van der Waals surface area contributed by atoms with Gasteiger partial charge in [-0.25, -0.2) is 0 Å². The van der Waals surface area contributed by atoms with Gasteiger partial charge in [-0.1, -0.05) is 0 Å². The van der Waals surface area contributed by atoms with Gasteiger partial charge in [-0.3, -0.25) is 0 Å². The van der Waals surface area contributed by atoms with Crippen molar-refractivity contribution < 1.29 is 4.74 Å². The van der Waals surface area contributed by atoms with Gasteiger partial charge in [0.1, 0.15) is 0 Å². The zero-order valence-corrected chi connectivity index (χ0v) is 14.6. The van der Waals surface area contributed by atoms with Crippen molar-refractivity contribution in [2.75, 3.05) is 13.3 Å². The first kappa shape index (κ1) is 15.4. The van der Waals surface area contributed by atoms with Crippen molar-refractivity contribution in [2.24, 2.45) is 5.92 Å². The molecule has 0 saturated heterocycles. The van der Waals surface area contributed by atoms with Crippen LogP contribution in [0.2, 0.25) is 0 Å². The molecular weight excluding hydrogens is 315 g/mol. The second kappa shape index (κ2) is 6.21. The van der Waals surface area contributed by atoms with Crippen LogP contribution in [0.1, 0.15) is 33.3 Å². The molecule has 1 atom stereocenters. The number of nitrogens with one attached hydrogen (secondary N) is 1. The van der Waals surface area contributed by atoms with E-state index in [-0.39, 0.29) is 4.56 Å². The zero-order valence-electron chi connectivity index (χ0n) is 12.7. The molecule has 4 heteroatoms. The average Bonchev–Trinajstić information content (AvgIpc) is 2.69. The number of hydrogen-bond donors (Lipinski definition) is 1. The first-order valence-corrected chi connectivity index (χ1v) is 8.06. The third-order valence-electron chi connectivity index (χ3n) is 3.47. The van der Waals surface area contributed by atoms with E-state index in [9.17, 15) is 0 Å². The van der Waals surface area contributed by atoms with Gasteiger partial charge in [0.2, 0.25) is 0 Å². The molecule has 1 unspecified atom stereocenters. The summed E-state index contributed by atoms with van der Waals surface area (Å²) >= 11 is 2.73. The van der Waals surface area contributed by atoms with Gasteiger partial charge in [0.15, 0.2) is 0 Å². The first-order chi connectivity index (χ1) is 9.47. The fourth-order valence-electron chi connectivity index (χ4n) is 2.44.